The first-order chi connectivity index (χ1) is 19.6. The van der Waals surface area contributed by atoms with Gasteiger partial charge in [0.05, 0.1) is 18.7 Å². The van der Waals surface area contributed by atoms with Gasteiger partial charge in [0.1, 0.15) is 5.75 Å². The number of aromatic nitrogens is 1. The zero-order valence-corrected chi connectivity index (χ0v) is 27.7. The summed E-state index contributed by atoms with van der Waals surface area (Å²) < 4.78 is 44.4. The highest BCUT2D eigenvalue weighted by Gasteiger charge is 2.33. The fourth-order valence-corrected chi connectivity index (χ4v) is 5.12. The number of likely N-dealkylation sites (N-methyl/N-ethyl adjacent to an activating group) is 1. The van der Waals surface area contributed by atoms with E-state index in [0.717, 1.165) is 40.7 Å². The molecule has 0 fully saturated rings. The topological polar surface area (TPSA) is 25.4 Å². The maximum Gasteiger partial charge on any atom is 0.416 e. The summed E-state index contributed by atoms with van der Waals surface area (Å²) in [4.78, 5) is 6.29. The van der Waals surface area contributed by atoms with Crippen molar-refractivity contribution in [1.29, 1.82) is 0 Å². The van der Waals surface area contributed by atoms with E-state index in [1.165, 1.54) is 51.7 Å². The lowest BCUT2D eigenvalue weighted by atomic mass is 9.85. The van der Waals surface area contributed by atoms with E-state index in [1.54, 1.807) is 12.4 Å². The van der Waals surface area contributed by atoms with Crippen LogP contribution in [0.4, 0.5) is 13.2 Å². The first-order valence-corrected chi connectivity index (χ1v) is 15.6. The van der Waals surface area contributed by atoms with E-state index in [9.17, 15) is 13.2 Å². The van der Waals surface area contributed by atoms with E-state index < -0.39 is 11.7 Å². The molecule has 0 amide bonds. The third-order valence-electron chi connectivity index (χ3n) is 7.70. The van der Waals surface area contributed by atoms with Gasteiger partial charge in [-0.25, -0.2) is 0 Å². The molecule has 0 spiro atoms. The van der Waals surface area contributed by atoms with Gasteiger partial charge < -0.3 is 4.74 Å². The molecule has 3 nitrogen and oxygen atoms in total. The highest BCUT2D eigenvalue weighted by molar-refractivity contribution is 5.68. The average Bonchev–Trinajstić information content (AvgIpc) is 3.12. The minimum atomic E-state index is -4.40. The molecular weight excluding hydrogens is 521 g/mol. The lowest BCUT2D eigenvalue weighted by Crippen LogP contribution is -2.26. The minimum Gasteiger partial charge on any atom is -0.496 e. The third-order valence-corrected chi connectivity index (χ3v) is 7.70. The zero-order valence-electron chi connectivity index (χ0n) is 27.7. The molecule has 3 unspecified atom stereocenters. The summed E-state index contributed by atoms with van der Waals surface area (Å²) in [5.74, 6) is 2.15. The summed E-state index contributed by atoms with van der Waals surface area (Å²) in [5.41, 5.74) is 3.10. The summed E-state index contributed by atoms with van der Waals surface area (Å²) in [7, 11) is 3.33. The van der Waals surface area contributed by atoms with Gasteiger partial charge in [0.2, 0.25) is 0 Å². The smallest absolute Gasteiger partial charge is 0.416 e. The Morgan fingerprint density at radius 1 is 1.00 bits per heavy atom. The Labute approximate surface area is 249 Å². The van der Waals surface area contributed by atoms with Crippen LogP contribution in [0, 0.1) is 11.8 Å². The molecule has 0 aliphatic carbocycles. The van der Waals surface area contributed by atoms with Gasteiger partial charge in [-0.05, 0) is 60.7 Å². The number of pyridine rings is 1. The molecule has 3 rings (SSSR count). The molecule has 1 aromatic heterocycles. The lowest BCUT2D eigenvalue weighted by molar-refractivity contribution is -0.137. The molecule has 1 aliphatic heterocycles. The molecule has 2 aromatic rings. The van der Waals surface area contributed by atoms with E-state index in [-0.39, 0.29) is 11.8 Å². The van der Waals surface area contributed by atoms with Crippen LogP contribution in [0.1, 0.15) is 129 Å². The molecule has 0 bridgehead atoms. The third kappa shape index (κ3) is 11.8. The monoisotopic (exact) mass is 578 g/mol. The number of ether oxygens (including phenoxy) is 1. The number of hydrogen-bond acceptors (Lipinski definition) is 3. The predicted molar refractivity (Wildman–Crippen MR) is 170 cm³/mol. The first kappa shape index (κ1) is 38.7. The van der Waals surface area contributed by atoms with Crippen LogP contribution in [0.2, 0.25) is 0 Å². The number of methoxy groups -OCH3 is 1. The SMILES string of the molecule is CC.CC.CCCCCC(CC)C(C)CC.COc1cc(C(F)(F)F)ccc1C1c2cnccc2C(C)=CCN1C. The van der Waals surface area contributed by atoms with Crippen LogP contribution < -0.4 is 4.74 Å². The molecular formula is C35H57F3N2O. The van der Waals surface area contributed by atoms with Crippen molar-refractivity contribution in [2.24, 2.45) is 11.8 Å². The maximum absolute atomic E-state index is 13.0. The Bertz CT molecular complexity index is 1000. The van der Waals surface area contributed by atoms with Crippen molar-refractivity contribution in [3.63, 3.8) is 0 Å². The number of hydrogen-bond donors (Lipinski definition) is 0. The second kappa shape index (κ2) is 20.5. The van der Waals surface area contributed by atoms with Crippen molar-refractivity contribution in [1.82, 2.24) is 9.88 Å². The number of halogens is 3. The van der Waals surface area contributed by atoms with Gasteiger partial charge in [-0.15, -0.1) is 0 Å². The Morgan fingerprint density at radius 2 is 1.66 bits per heavy atom. The number of allylic oxidation sites excluding steroid dienone is 1. The number of benzene rings is 1. The Kier molecular flexibility index (Phi) is 19.4. The Morgan fingerprint density at radius 3 is 2.20 bits per heavy atom. The number of unbranched alkanes of at least 4 members (excludes halogenated alkanes) is 2. The Hall–Kier alpha value is -2.34. The van der Waals surface area contributed by atoms with Crippen LogP contribution in [0.25, 0.3) is 5.57 Å². The van der Waals surface area contributed by atoms with Crippen molar-refractivity contribution in [2.45, 2.75) is 113 Å². The number of fused-ring (bicyclic) bond motifs is 1. The summed E-state index contributed by atoms with van der Waals surface area (Å²) in [6, 6.07) is 5.36. The summed E-state index contributed by atoms with van der Waals surface area (Å²) >= 11 is 0. The van der Waals surface area contributed by atoms with Crippen LogP contribution >= 0.6 is 0 Å². The molecule has 0 radical (unpaired) electrons. The summed E-state index contributed by atoms with van der Waals surface area (Å²) in [6.07, 6.45) is 9.61. The van der Waals surface area contributed by atoms with Crippen LogP contribution in [-0.2, 0) is 6.18 Å². The number of rotatable bonds is 9. The fraction of sp³-hybridized carbons (Fsp3) is 0.629. The molecule has 6 heteroatoms. The quantitative estimate of drug-likeness (QED) is 0.277. The van der Waals surface area contributed by atoms with Crippen molar-refractivity contribution < 1.29 is 17.9 Å². The van der Waals surface area contributed by atoms with Gasteiger partial charge in [0.25, 0.3) is 0 Å². The van der Waals surface area contributed by atoms with Crippen molar-refractivity contribution in [2.75, 3.05) is 20.7 Å². The predicted octanol–water partition coefficient (Wildman–Crippen LogP) is 11.2. The normalized spacial score (nSPS) is 16.1. The molecule has 234 valence electrons. The standard InChI is InChI=1S/C19H19F3N2O.C12H26.2C2H6/c1-12-7-9-24(2)18(16-11-23-8-6-14(12)16)15-5-4-13(19(20,21)22)10-17(15)25-3;1-5-8-9-10-12(7-3)11(4)6-2;2*1-2/h4-8,10-11,18H,9H2,1-3H3;11-12H,5-10H2,1-4H3;2*1-2H3. The molecule has 3 atom stereocenters. The molecule has 1 aliphatic rings. The van der Waals surface area contributed by atoms with Crippen molar-refractivity contribution in [3.8, 4) is 5.75 Å². The fourth-order valence-electron chi connectivity index (χ4n) is 5.12. The van der Waals surface area contributed by atoms with Gasteiger partial charge >= 0.3 is 6.18 Å². The second-order valence-corrected chi connectivity index (χ2v) is 10.2. The molecule has 0 saturated carbocycles. The summed E-state index contributed by atoms with van der Waals surface area (Å²) in [6.45, 7) is 20.0. The zero-order chi connectivity index (χ0) is 31.6. The largest absolute Gasteiger partial charge is 0.496 e. The maximum atomic E-state index is 13.0. The summed E-state index contributed by atoms with van der Waals surface area (Å²) in [5, 5.41) is 0. The number of nitrogens with zero attached hydrogens (tertiary/aromatic N) is 2. The van der Waals surface area contributed by atoms with Crippen molar-refractivity contribution >= 4 is 5.57 Å². The van der Waals surface area contributed by atoms with Crippen LogP contribution in [-0.4, -0.2) is 30.6 Å². The second-order valence-electron chi connectivity index (χ2n) is 10.2. The number of alkyl halides is 3. The van der Waals surface area contributed by atoms with Crippen molar-refractivity contribution in [3.05, 3.63) is 65.0 Å². The van der Waals surface area contributed by atoms with E-state index in [1.807, 2.05) is 47.7 Å². The first-order valence-electron chi connectivity index (χ1n) is 15.6. The van der Waals surface area contributed by atoms with Crippen LogP contribution in [0.15, 0.2) is 42.7 Å². The van der Waals surface area contributed by atoms with Gasteiger partial charge in [-0.3, -0.25) is 9.88 Å². The van der Waals surface area contributed by atoms with Gasteiger partial charge in [0.15, 0.2) is 0 Å². The minimum absolute atomic E-state index is 0.223. The highest BCUT2D eigenvalue weighted by Crippen LogP contribution is 2.41. The van der Waals surface area contributed by atoms with E-state index >= 15 is 0 Å². The molecule has 0 saturated heterocycles. The molecule has 2 heterocycles. The van der Waals surface area contributed by atoms with Gasteiger partial charge in [0, 0.05) is 24.5 Å². The van der Waals surface area contributed by atoms with E-state index in [0.29, 0.717) is 12.1 Å². The van der Waals surface area contributed by atoms with Gasteiger partial charge in [-0.1, -0.05) is 106 Å². The molecule has 1 aromatic carbocycles. The van der Waals surface area contributed by atoms with Crippen LogP contribution in [0.5, 0.6) is 5.75 Å². The van der Waals surface area contributed by atoms with E-state index in [2.05, 4.69) is 43.7 Å². The van der Waals surface area contributed by atoms with Crippen LogP contribution in [0.3, 0.4) is 0 Å². The lowest BCUT2D eigenvalue weighted by Gasteiger charge is -2.29. The highest BCUT2D eigenvalue weighted by atomic mass is 19.4. The average molecular weight is 579 g/mol. The molecule has 0 N–H and O–H groups in total. The molecule has 41 heavy (non-hydrogen) atoms. The van der Waals surface area contributed by atoms with E-state index in [4.69, 9.17) is 4.74 Å². The Balaban J connectivity index is 0.000000847. The van der Waals surface area contributed by atoms with Gasteiger partial charge in [-0.2, -0.15) is 13.2 Å².